The molecule has 2 aromatic carbocycles. The maximum atomic E-state index is 12.0. The van der Waals surface area contributed by atoms with Crippen LogP contribution in [-0.2, 0) is 9.53 Å². The van der Waals surface area contributed by atoms with Gasteiger partial charge in [-0.25, -0.2) is 4.79 Å². The molecule has 0 aromatic heterocycles. The summed E-state index contributed by atoms with van der Waals surface area (Å²) in [6.45, 7) is 8.79. The number of carbonyl (C=O) groups is 2. The van der Waals surface area contributed by atoms with E-state index < -0.39 is 5.60 Å². The quantitative estimate of drug-likeness (QED) is 0.455. The minimum absolute atomic E-state index is 0.0558. The Bertz CT molecular complexity index is 1050. The molecule has 0 aliphatic carbocycles. The second-order valence-corrected chi connectivity index (χ2v) is 9.96. The monoisotopic (exact) mass is 504 g/mol. The van der Waals surface area contributed by atoms with Crippen LogP contribution in [0, 0.1) is 0 Å². The van der Waals surface area contributed by atoms with Gasteiger partial charge in [0.2, 0.25) is 0 Å². The second kappa shape index (κ2) is 11.2. The van der Waals surface area contributed by atoms with Crippen LogP contribution in [0.1, 0.15) is 46.1 Å². The first-order valence-corrected chi connectivity index (χ1v) is 12.0. The number of fused-ring (bicyclic) bond motifs is 1. The van der Waals surface area contributed by atoms with Crippen LogP contribution < -0.4 is 10.1 Å². The van der Waals surface area contributed by atoms with Gasteiger partial charge in [0.1, 0.15) is 17.5 Å². The van der Waals surface area contributed by atoms with Gasteiger partial charge in [0.05, 0.1) is 5.69 Å². The Morgan fingerprint density at radius 3 is 2.26 bits per heavy atom. The van der Waals surface area contributed by atoms with Crippen molar-refractivity contribution in [3.8, 4) is 5.75 Å². The molecule has 2 amide bonds. The van der Waals surface area contributed by atoms with Gasteiger partial charge in [-0.05, 0) is 64.1 Å². The van der Waals surface area contributed by atoms with E-state index >= 15 is 0 Å². The Hall–Kier alpha value is -2.70. The molecule has 182 valence electrons. The molecule has 2 aromatic rings. The normalized spacial score (nSPS) is 16.9. The highest BCUT2D eigenvalue weighted by molar-refractivity contribution is 6.34. The van der Waals surface area contributed by atoms with Crippen LogP contribution in [0.25, 0.3) is 5.57 Å². The lowest BCUT2D eigenvalue weighted by Gasteiger charge is -2.33. The van der Waals surface area contributed by atoms with E-state index in [1.807, 2.05) is 58.0 Å². The van der Waals surface area contributed by atoms with Crippen LogP contribution in [0.15, 0.2) is 48.5 Å². The van der Waals surface area contributed by atoms with Crippen LogP contribution in [0.4, 0.5) is 10.5 Å². The smallest absolute Gasteiger partial charge is 0.410 e. The fourth-order valence-electron chi connectivity index (χ4n) is 3.64. The second-order valence-electron chi connectivity index (χ2n) is 9.08. The summed E-state index contributed by atoms with van der Waals surface area (Å²) in [5.74, 6) is 0.759. The van der Waals surface area contributed by atoms with E-state index in [0.29, 0.717) is 28.7 Å². The lowest BCUT2D eigenvalue weighted by Crippen LogP contribution is -2.44. The average Bonchev–Trinajstić information content (AvgIpc) is 3.09. The molecule has 0 radical (unpaired) electrons. The summed E-state index contributed by atoms with van der Waals surface area (Å²) >= 11 is 11.6. The molecule has 0 bridgehead atoms. The molecular formula is C26H30Cl2N2O4. The number of carbonyl (C=O) groups excluding carboxylic acids is 2. The molecule has 2 heterocycles. The minimum atomic E-state index is -0.451. The summed E-state index contributed by atoms with van der Waals surface area (Å²) in [5, 5.41) is 4.08. The van der Waals surface area contributed by atoms with Crippen molar-refractivity contribution in [2.45, 2.75) is 52.2 Å². The highest BCUT2D eigenvalue weighted by atomic mass is 35.5. The molecule has 0 spiro atoms. The predicted molar refractivity (Wildman–Crippen MR) is 137 cm³/mol. The van der Waals surface area contributed by atoms with Crippen molar-refractivity contribution >= 4 is 46.5 Å². The van der Waals surface area contributed by atoms with Crippen LogP contribution >= 0.6 is 23.2 Å². The molecule has 2 aliphatic rings. The molecule has 4 rings (SSSR count). The van der Waals surface area contributed by atoms with Gasteiger partial charge in [-0.1, -0.05) is 35.3 Å². The van der Waals surface area contributed by atoms with Crippen LogP contribution in [0.3, 0.4) is 0 Å². The summed E-state index contributed by atoms with van der Waals surface area (Å²) in [6.07, 6.45) is 3.30. The lowest BCUT2D eigenvalue weighted by atomic mass is 10.1. The van der Waals surface area contributed by atoms with Crippen LogP contribution in [0.2, 0.25) is 10.0 Å². The van der Waals surface area contributed by atoms with Gasteiger partial charge in [0.15, 0.2) is 0 Å². The molecule has 1 N–H and O–H groups in total. The first-order valence-electron chi connectivity index (χ1n) is 11.2. The number of amides is 2. The molecule has 34 heavy (non-hydrogen) atoms. The highest BCUT2D eigenvalue weighted by Gasteiger charge is 2.27. The van der Waals surface area contributed by atoms with E-state index in [1.54, 1.807) is 23.1 Å². The summed E-state index contributed by atoms with van der Waals surface area (Å²) in [7, 11) is 0. The SMILES string of the molecule is C/C=C1/C(=O)Nc2cc(Cl)ccc21.CC(C)(C)OC(=O)N1CCC(Oc2ccc(Cl)cc2)CC1. The van der Waals surface area contributed by atoms with Gasteiger partial charge in [-0.3, -0.25) is 4.79 Å². The molecule has 6 nitrogen and oxygen atoms in total. The first kappa shape index (κ1) is 25.9. The van der Waals surface area contributed by atoms with Gasteiger partial charge in [-0.2, -0.15) is 0 Å². The summed E-state index contributed by atoms with van der Waals surface area (Å²) in [4.78, 5) is 25.1. The Morgan fingerprint density at radius 1 is 1.06 bits per heavy atom. The minimum Gasteiger partial charge on any atom is -0.490 e. The number of nitrogens with zero attached hydrogens (tertiary/aromatic N) is 1. The number of hydrogen-bond acceptors (Lipinski definition) is 4. The zero-order valence-corrected chi connectivity index (χ0v) is 21.4. The lowest BCUT2D eigenvalue weighted by molar-refractivity contribution is -0.110. The van der Waals surface area contributed by atoms with Crippen molar-refractivity contribution in [2.75, 3.05) is 18.4 Å². The molecule has 0 atom stereocenters. The summed E-state index contributed by atoms with van der Waals surface area (Å²) in [5.41, 5.74) is 1.99. The Kier molecular flexibility index (Phi) is 8.50. The number of anilines is 1. The molecule has 1 saturated heterocycles. The van der Waals surface area contributed by atoms with Gasteiger partial charge in [0.25, 0.3) is 5.91 Å². The maximum absolute atomic E-state index is 12.0. The zero-order valence-electron chi connectivity index (χ0n) is 19.9. The molecule has 0 saturated carbocycles. The number of nitrogens with one attached hydrogen (secondary N) is 1. The van der Waals surface area contributed by atoms with E-state index in [2.05, 4.69) is 5.32 Å². The first-order chi connectivity index (χ1) is 16.1. The third-order valence-corrected chi connectivity index (χ3v) is 5.75. The van der Waals surface area contributed by atoms with E-state index in [9.17, 15) is 9.59 Å². The van der Waals surface area contributed by atoms with E-state index in [1.165, 1.54) is 0 Å². The number of ether oxygens (including phenoxy) is 2. The fourth-order valence-corrected chi connectivity index (χ4v) is 3.94. The van der Waals surface area contributed by atoms with Gasteiger partial charge in [0, 0.05) is 47.1 Å². The van der Waals surface area contributed by atoms with Crippen LogP contribution in [-0.4, -0.2) is 41.7 Å². The number of halogens is 2. The third-order valence-electron chi connectivity index (χ3n) is 5.26. The van der Waals surface area contributed by atoms with Crippen molar-refractivity contribution in [2.24, 2.45) is 0 Å². The average molecular weight is 505 g/mol. The standard InChI is InChI=1S/C16H22ClNO3.C10H8ClNO/c1-16(2,3)21-15(19)18-10-8-14(9-11-18)20-13-6-4-12(17)5-7-13;1-2-7-8-4-3-6(11)5-9(8)12-10(7)13/h4-7,14H,8-11H2,1-3H3;2-5H,1H3,(H,12,13)/b;7-2+. The predicted octanol–water partition coefficient (Wildman–Crippen LogP) is 6.81. The molecule has 8 heteroatoms. The third kappa shape index (κ3) is 7.15. The van der Waals surface area contributed by atoms with Gasteiger partial charge in [-0.15, -0.1) is 0 Å². The molecule has 2 aliphatic heterocycles. The zero-order chi connectivity index (χ0) is 24.9. The molecular weight excluding hydrogens is 475 g/mol. The summed E-state index contributed by atoms with van der Waals surface area (Å²) in [6, 6.07) is 12.7. The Balaban J connectivity index is 0.000000212. The number of rotatable bonds is 2. The van der Waals surface area contributed by atoms with Crippen molar-refractivity contribution < 1.29 is 19.1 Å². The summed E-state index contributed by atoms with van der Waals surface area (Å²) < 4.78 is 11.3. The highest BCUT2D eigenvalue weighted by Crippen LogP contribution is 2.33. The van der Waals surface area contributed by atoms with Crippen LogP contribution in [0.5, 0.6) is 5.75 Å². The van der Waals surface area contributed by atoms with E-state index in [4.69, 9.17) is 32.7 Å². The Labute approximate surface area is 210 Å². The number of likely N-dealkylation sites (tertiary alicyclic amines) is 1. The maximum Gasteiger partial charge on any atom is 0.410 e. The van der Waals surface area contributed by atoms with E-state index in [-0.39, 0.29) is 18.1 Å². The fraction of sp³-hybridized carbons (Fsp3) is 0.385. The van der Waals surface area contributed by atoms with Crippen molar-refractivity contribution in [3.63, 3.8) is 0 Å². The largest absolute Gasteiger partial charge is 0.490 e. The molecule has 1 fully saturated rings. The molecule has 0 unspecified atom stereocenters. The topological polar surface area (TPSA) is 67.9 Å². The van der Waals surface area contributed by atoms with Crippen molar-refractivity contribution in [1.82, 2.24) is 4.90 Å². The number of piperidine rings is 1. The van der Waals surface area contributed by atoms with E-state index in [0.717, 1.165) is 29.8 Å². The van der Waals surface area contributed by atoms with Gasteiger partial charge < -0.3 is 19.7 Å². The number of hydrogen-bond donors (Lipinski definition) is 1. The van der Waals surface area contributed by atoms with Gasteiger partial charge >= 0.3 is 6.09 Å². The number of benzene rings is 2. The van der Waals surface area contributed by atoms with Crippen molar-refractivity contribution in [1.29, 1.82) is 0 Å². The number of allylic oxidation sites excluding steroid dienone is 1. The Morgan fingerprint density at radius 2 is 1.68 bits per heavy atom. The van der Waals surface area contributed by atoms with Crippen molar-refractivity contribution in [3.05, 3.63) is 64.1 Å².